The van der Waals surface area contributed by atoms with Crippen molar-refractivity contribution in [1.29, 1.82) is 0 Å². The van der Waals surface area contributed by atoms with Gasteiger partial charge in [0, 0.05) is 31.3 Å². The van der Waals surface area contributed by atoms with Crippen LogP contribution >= 0.6 is 0 Å². The Balaban J connectivity index is 1.98. The molecule has 0 amide bonds. The van der Waals surface area contributed by atoms with Crippen molar-refractivity contribution < 1.29 is 32.1 Å². The number of ether oxygens (including phenoxy) is 4. The molecule has 10 heteroatoms. The number of guanidine groups is 1. The molecule has 0 saturated carbocycles. The summed E-state index contributed by atoms with van der Waals surface area (Å²) >= 11 is 0. The van der Waals surface area contributed by atoms with Crippen molar-refractivity contribution in [3.05, 3.63) is 47.5 Å². The first kappa shape index (κ1) is 24.0. The van der Waals surface area contributed by atoms with E-state index in [1.165, 1.54) is 19.2 Å². The van der Waals surface area contributed by atoms with E-state index in [9.17, 15) is 13.2 Å². The summed E-state index contributed by atoms with van der Waals surface area (Å²) in [6.07, 6.45) is -4.17. The Morgan fingerprint density at radius 1 is 0.871 bits per heavy atom. The highest BCUT2D eigenvalue weighted by Crippen LogP contribution is 2.39. The number of halogens is 3. The SMILES string of the molecule is CN=C(NCCc1ccc(OC)c(OC)c1OC)NCc1ccccc1OC(F)(F)F. The molecule has 0 heterocycles. The molecule has 0 bridgehead atoms. The van der Waals surface area contributed by atoms with Gasteiger partial charge in [-0.3, -0.25) is 4.99 Å². The standard InChI is InChI=1S/C21H26F3N3O4/c1-25-20(27-13-15-7-5-6-8-16(15)31-21(22,23)24)26-12-11-14-9-10-17(28-2)19(30-4)18(14)29-3/h5-10H,11-13H2,1-4H3,(H2,25,26,27). The lowest BCUT2D eigenvalue weighted by molar-refractivity contribution is -0.274. The quantitative estimate of drug-likeness (QED) is 0.458. The number of hydrogen-bond acceptors (Lipinski definition) is 5. The summed E-state index contributed by atoms with van der Waals surface area (Å²) in [5, 5.41) is 6.10. The molecule has 0 aliphatic rings. The van der Waals surface area contributed by atoms with Gasteiger partial charge in [0.1, 0.15) is 5.75 Å². The summed E-state index contributed by atoms with van der Waals surface area (Å²) in [5.74, 6) is 1.82. The fourth-order valence-corrected chi connectivity index (χ4v) is 2.95. The molecule has 2 rings (SSSR count). The maximum absolute atomic E-state index is 12.6. The molecule has 7 nitrogen and oxygen atoms in total. The minimum atomic E-state index is -4.76. The Kier molecular flexibility index (Phi) is 8.65. The molecule has 0 fully saturated rings. The van der Waals surface area contributed by atoms with E-state index in [4.69, 9.17) is 14.2 Å². The van der Waals surface area contributed by atoms with Crippen molar-refractivity contribution >= 4 is 5.96 Å². The number of alkyl halides is 3. The van der Waals surface area contributed by atoms with Crippen LogP contribution in [0.15, 0.2) is 41.4 Å². The molecule has 0 aliphatic carbocycles. The van der Waals surface area contributed by atoms with Crippen molar-refractivity contribution in [3.8, 4) is 23.0 Å². The molecule has 0 atom stereocenters. The van der Waals surface area contributed by atoms with Gasteiger partial charge in [-0.1, -0.05) is 24.3 Å². The first-order valence-corrected chi connectivity index (χ1v) is 9.39. The molecular weight excluding hydrogens is 415 g/mol. The first-order chi connectivity index (χ1) is 14.8. The highest BCUT2D eigenvalue weighted by molar-refractivity contribution is 5.79. The maximum atomic E-state index is 12.6. The van der Waals surface area contributed by atoms with E-state index in [1.807, 2.05) is 6.07 Å². The van der Waals surface area contributed by atoms with Crippen LogP contribution in [0.1, 0.15) is 11.1 Å². The lowest BCUT2D eigenvalue weighted by Crippen LogP contribution is -2.38. The Hall–Kier alpha value is -3.30. The predicted octanol–water partition coefficient (Wildman–Crippen LogP) is 3.52. The van der Waals surface area contributed by atoms with Crippen molar-refractivity contribution in [3.63, 3.8) is 0 Å². The van der Waals surface area contributed by atoms with Gasteiger partial charge >= 0.3 is 6.36 Å². The Bertz CT molecular complexity index is 889. The summed E-state index contributed by atoms with van der Waals surface area (Å²) in [4.78, 5) is 4.10. The van der Waals surface area contributed by atoms with E-state index in [0.717, 1.165) is 5.56 Å². The van der Waals surface area contributed by atoms with Crippen molar-refractivity contribution in [2.24, 2.45) is 4.99 Å². The van der Waals surface area contributed by atoms with Gasteiger partial charge in [0.2, 0.25) is 5.75 Å². The molecule has 2 aromatic rings. The van der Waals surface area contributed by atoms with Crippen molar-refractivity contribution in [2.45, 2.75) is 19.3 Å². The monoisotopic (exact) mass is 441 g/mol. The zero-order valence-electron chi connectivity index (χ0n) is 17.8. The maximum Gasteiger partial charge on any atom is 0.573 e. The third-order valence-electron chi connectivity index (χ3n) is 4.34. The van der Waals surface area contributed by atoms with Gasteiger partial charge in [0.05, 0.1) is 21.3 Å². The number of hydrogen-bond donors (Lipinski definition) is 2. The van der Waals surface area contributed by atoms with Gasteiger partial charge < -0.3 is 29.6 Å². The largest absolute Gasteiger partial charge is 0.573 e. The van der Waals surface area contributed by atoms with Crippen LogP contribution in [-0.4, -0.2) is 47.2 Å². The number of benzene rings is 2. The number of nitrogens with zero attached hydrogens (tertiary/aromatic N) is 1. The molecule has 2 N–H and O–H groups in total. The van der Waals surface area contributed by atoms with E-state index in [-0.39, 0.29) is 12.3 Å². The Labute approximate surface area is 179 Å². The van der Waals surface area contributed by atoms with Crippen molar-refractivity contribution in [1.82, 2.24) is 10.6 Å². The van der Waals surface area contributed by atoms with Crippen LogP contribution in [0, 0.1) is 0 Å². The van der Waals surface area contributed by atoms with E-state index in [2.05, 4.69) is 20.4 Å². The molecule has 0 saturated heterocycles. The third-order valence-corrected chi connectivity index (χ3v) is 4.34. The molecule has 0 unspecified atom stereocenters. The fraction of sp³-hybridized carbons (Fsp3) is 0.381. The third kappa shape index (κ3) is 6.87. The van der Waals surface area contributed by atoms with E-state index < -0.39 is 6.36 Å². The number of para-hydroxylation sites is 1. The molecule has 31 heavy (non-hydrogen) atoms. The summed E-state index contributed by atoms with van der Waals surface area (Å²) in [5.41, 5.74) is 1.25. The van der Waals surface area contributed by atoms with E-state index >= 15 is 0 Å². The molecule has 0 aromatic heterocycles. The normalized spacial score (nSPS) is 11.6. The summed E-state index contributed by atoms with van der Waals surface area (Å²) in [6, 6.07) is 9.61. The number of methoxy groups -OCH3 is 3. The average Bonchev–Trinajstić information content (AvgIpc) is 2.75. The first-order valence-electron chi connectivity index (χ1n) is 9.39. The van der Waals surface area contributed by atoms with Gasteiger partial charge in [-0.15, -0.1) is 13.2 Å². The van der Waals surface area contributed by atoms with Crippen LogP contribution in [0.5, 0.6) is 23.0 Å². The second kappa shape index (κ2) is 11.2. The molecule has 170 valence electrons. The van der Waals surface area contributed by atoms with Crippen LogP contribution in [0.25, 0.3) is 0 Å². The smallest absolute Gasteiger partial charge is 0.493 e. The van der Waals surface area contributed by atoms with Gasteiger partial charge in [-0.2, -0.15) is 0 Å². The molecule has 0 radical (unpaired) electrons. The topological polar surface area (TPSA) is 73.3 Å². The molecule has 0 aliphatic heterocycles. The van der Waals surface area contributed by atoms with Gasteiger partial charge in [-0.05, 0) is 18.6 Å². The van der Waals surface area contributed by atoms with Crippen LogP contribution in [-0.2, 0) is 13.0 Å². The van der Waals surface area contributed by atoms with Crippen LogP contribution < -0.4 is 29.6 Å². The zero-order chi connectivity index (χ0) is 22.9. The summed E-state index contributed by atoms with van der Waals surface area (Å²) in [7, 11) is 6.21. The minimum absolute atomic E-state index is 0.103. The average molecular weight is 441 g/mol. The predicted molar refractivity (Wildman–Crippen MR) is 111 cm³/mol. The van der Waals surface area contributed by atoms with Crippen LogP contribution in [0.3, 0.4) is 0 Å². The van der Waals surface area contributed by atoms with E-state index in [1.54, 1.807) is 39.5 Å². The molecule has 0 spiro atoms. The van der Waals surface area contributed by atoms with Crippen molar-refractivity contribution in [2.75, 3.05) is 34.9 Å². The van der Waals surface area contributed by atoms with Gasteiger partial charge in [-0.25, -0.2) is 0 Å². The number of aliphatic imine (C=N–C) groups is 1. The van der Waals surface area contributed by atoms with Crippen LogP contribution in [0.2, 0.25) is 0 Å². The van der Waals surface area contributed by atoms with E-state index in [0.29, 0.717) is 41.7 Å². The zero-order valence-corrected chi connectivity index (χ0v) is 17.8. The van der Waals surface area contributed by atoms with Gasteiger partial charge in [0.15, 0.2) is 17.5 Å². The second-order valence-electron chi connectivity index (χ2n) is 6.25. The second-order valence-corrected chi connectivity index (χ2v) is 6.25. The highest BCUT2D eigenvalue weighted by Gasteiger charge is 2.31. The Morgan fingerprint density at radius 2 is 1.58 bits per heavy atom. The molecular formula is C21H26F3N3O4. The number of nitrogens with one attached hydrogen (secondary N) is 2. The lowest BCUT2D eigenvalue weighted by Gasteiger charge is -2.17. The molecule has 2 aromatic carbocycles. The summed E-state index contributed by atoms with van der Waals surface area (Å²) in [6.45, 7) is 0.595. The lowest BCUT2D eigenvalue weighted by atomic mass is 10.1. The highest BCUT2D eigenvalue weighted by atomic mass is 19.4. The fourth-order valence-electron chi connectivity index (χ4n) is 2.95. The van der Waals surface area contributed by atoms with Crippen LogP contribution in [0.4, 0.5) is 13.2 Å². The minimum Gasteiger partial charge on any atom is -0.493 e. The number of rotatable bonds is 9. The Morgan fingerprint density at radius 3 is 2.19 bits per heavy atom. The summed E-state index contributed by atoms with van der Waals surface area (Å²) < 4.78 is 57.9. The van der Waals surface area contributed by atoms with Gasteiger partial charge in [0.25, 0.3) is 0 Å².